The van der Waals surface area contributed by atoms with Crippen LogP contribution in [0, 0.1) is 6.92 Å². The topological polar surface area (TPSA) is 61.0 Å². The van der Waals surface area contributed by atoms with Gasteiger partial charge in [0.1, 0.15) is 5.82 Å². The second-order valence-electron chi connectivity index (χ2n) is 5.11. The zero-order valence-electron chi connectivity index (χ0n) is 10.2. The number of hydrogen-bond donors (Lipinski definition) is 1. The quantitative estimate of drug-likeness (QED) is 0.855. The lowest BCUT2D eigenvalue weighted by Crippen LogP contribution is -2.18. The van der Waals surface area contributed by atoms with Gasteiger partial charge in [-0.2, -0.15) is 0 Å². The van der Waals surface area contributed by atoms with Gasteiger partial charge in [-0.15, -0.1) is 0 Å². The van der Waals surface area contributed by atoms with E-state index in [9.17, 15) is 0 Å². The number of fused-ring (bicyclic) bond motifs is 2. The fraction of sp³-hybridized carbons (Fsp3) is 0.692. The van der Waals surface area contributed by atoms with Crippen molar-refractivity contribution in [3.05, 3.63) is 23.3 Å². The molecule has 2 aliphatic rings. The van der Waals surface area contributed by atoms with Gasteiger partial charge in [0.2, 0.25) is 0 Å². The van der Waals surface area contributed by atoms with Gasteiger partial charge in [-0.3, -0.25) is 0 Å². The van der Waals surface area contributed by atoms with E-state index >= 15 is 0 Å². The Hall–Kier alpha value is -1.00. The minimum atomic E-state index is 0.354. The molecular formula is C13H19N3O. The van der Waals surface area contributed by atoms with Gasteiger partial charge < -0.3 is 10.5 Å². The lowest BCUT2D eigenvalue weighted by molar-refractivity contribution is 0.0998. The van der Waals surface area contributed by atoms with Gasteiger partial charge in [0.05, 0.1) is 12.2 Å². The number of nitrogens with two attached hydrogens (primary N) is 1. The van der Waals surface area contributed by atoms with Gasteiger partial charge in [0.25, 0.3) is 0 Å². The summed E-state index contributed by atoms with van der Waals surface area (Å²) in [6, 6.07) is 2.03. The summed E-state index contributed by atoms with van der Waals surface area (Å²) in [5, 5.41) is 0. The van der Waals surface area contributed by atoms with E-state index in [2.05, 4.69) is 9.97 Å². The third-order valence-corrected chi connectivity index (χ3v) is 3.76. The Morgan fingerprint density at radius 2 is 2.29 bits per heavy atom. The fourth-order valence-electron chi connectivity index (χ4n) is 3.01. The third-order valence-electron chi connectivity index (χ3n) is 3.76. The normalized spacial score (nSPS) is 31.1. The van der Waals surface area contributed by atoms with Crippen LogP contribution in [-0.2, 0) is 11.2 Å². The van der Waals surface area contributed by atoms with E-state index in [-0.39, 0.29) is 0 Å². The van der Waals surface area contributed by atoms with E-state index in [1.54, 1.807) is 0 Å². The highest BCUT2D eigenvalue weighted by Gasteiger charge is 2.42. The predicted octanol–water partition coefficient (Wildman–Crippen LogP) is 1.32. The minimum Gasteiger partial charge on any atom is -0.374 e. The van der Waals surface area contributed by atoms with Gasteiger partial charge in [-0.25, -0.2) is 9.97 Å². The van der Waals surface area contributed by atoms with E-state index in [4.69, 9.17) is 10.5 Å². The molecule has 3 rings (SSSR count). The first-order chi connectivity index (χ1) is 8.26. The monoisotopic (exact) mass is 233 g/mol. The number of aromatic nitrogens is 2. The molecule has 0 aromatic carbocycles. The maximum absolute atomic E-state index is 5.87. The van der Waals surface area contributed by atoms with Crippen LogP contribution in [0.1, 0.15) is 42.4 Å². The van der Waals surface area contributed by atoms with E-state index in [0.717, 1.165) is 30.1 Å². The molecule has 0 radical (unpaired) electrons. The van der Waals surface area contributed by atoms with Crippen LogP contribution in [0.5, 0.6) is 0 Å². The second-order valence-corrected chi connectivity index (χ2v) is 5.11. The summed E-state index contributed by atoms with van der Waals surface area (Å²) in [6.07, 6.45) is 5.11. The molecule has 4 nitrogen and oxygen atoms in total. The average molecular weight is 233 g/mol. The van der Waals surface area contributed by atoms with Crippen LogP contribution in [0.2, 0.25) is 0 Å². The molecule has 3 unspecified atom stereocenters. The lowest BCUT2D eigenvalue weighted by Gasteiger charge is -2.18. The molecule has 4 heteroatoms. The maximum atomic E-state index is 5.87. The Bertz CT molecular complexity index is 421. The standard InChI is InChI=1S/C13H19N3O/c1-8-6-9(4-5-14)16-13(15-8)11-7-10-2-3-12(11)17-10/h6,10-12H,2-5,7,14H2,1H3. The Balaban J connectivity index is 1.87. The van der Waals surface area contributed by atoms with E-state index in [0.29, 0.717) is 24.7 Å². The second kappa shape index (κ2) is 4.35. The molecule has 0 aliphatic carbocycles. The number of nitrogens with zero attached hydrogens (tertiary/aromatic N) is 2. The zero-order valence-corrected chi connectivity index (χ0v) is 10.2. The molecule has 3 atom stereocenters. The molecule has 0 saturated carbocycles. The Kier molecular flexibility index (Phi) is 2.84. The van der Waals surface area contributed by atoms with Crippen LogP contribution >= 0.6 is 0 Å². The first-order valence-electron chi connectivity index (χ1n) is 6.46. The molecule has 17 heavy (non-hydrogen) atoms. The lowest BCUT2D eigenvalue weighted by atomic mass is 9.88. The predicted molar refractivity (Wildman–Crippen MR) is 64.8 cm³/mol. The van der Waals surface area contributed by atoms with Crippen LogP contribution in [0.4, 0.5) is 0 Å². The fourth-order valence-corrected chi connectivity index (χ4v) is 3.01. The summed E-state index contributed by atoms with van der Waals surface area (Å²) in [5.41, 5.74) is 7.70. The van der Waals surface area contributed by atoms with E-state index in [1.807, 2.05) is 13.0 Å². The van der Waals surface area contributed by atoms with Crippen molar-refractivity contribution in [3.63, 3.8) is 0 Å². The van der Waals surface area contributed by atoms with E-state index < -0.39 is 0 Å². The molecule has 2 fully saturated rings. The van der Waals surface area contributed by atoms with Crippen molar-refractivity contribution >= 4 is 0 Å². The zero-order chi connectivity index (χ0) is 11.8. The van der Waals surface area contributed by atoms with Crippen LogP contribution in [-0.4, -0.2) is 28.7 Å². The molecule has 1 aromatic rings. The van der Waals surface area contributed by atoms with Crippen LogP contribution in [0.25, 0.3) is 0 Å². The van der Waals surface area contributed by atoms with Crippen molar-refractivity contribution in [2.75, 3.05) is 6.54 Å². The summed E-state index contributed by atoms with van der Waals surface area (Å²) < 4.78 is 5.87. The molecule has 3 heterocycles. The van der Waals surface area contributed by atoms with Crippen molar-refractivity contribution in [2.24, 2.45) is 5.73 Å². The van der Waals surface area contributed by atoms with Crippen molar-refractivity contribution in [3.8, 4) is 0 Å². The highest BCUT2D eigenvalue weighted by atomic mass is 16.5. The minimum absolute atomic E-state index is 0.354. The Morgan fingerprint density at radius 1 is 1.41 bits per heavy atom. The molecule has 2 saturated heterocycles. The maximum Gasteiger partial charge on any atom is 0.134 e. The van der Waals surface area contributed by atoms with Crippen molar-refractivity contribution in [2.45, 2.75) is 50.7 Å². The summed E-state index contributed by atoms with van der Waals surface area (Å²) in [7, 11) is 0. The van der Waals surface area contributed by atoms with Crippen LogP contribution < -0.4 is 5.73 Å². The molecule has 0 spiro atoms. The summed E-state index contributed by atoms with van der Waals surface area (Å²) >= 11 is 0. The molecule has 92 valence electrons. The average Bonchev–Trinajstić information content (AvgIpc) is 2.90. The largest absolute Gasteiger partial charge is 0.374 e. The molecular weight excluding hydrogens is 214 g/mol. The first-order valence-corrected chi connectivity index (χ1v) is 6.46. The molecule has 2 N–H and O–H groups in total. The van der Waals surface area contributed by atoms with Gasteiger partial charge in [-0.05, 0) is 38.8 Å². The van der Waals surface area contributed by atoms with Gasteiger partial charge >= 0.3 is 0 Å². The number of hydrogen-bond acceptors (Lipinski definition) is 4. The first kappa shape index (κ1) is 11.1. The van der Waals surface area contributed by atoms with Gasteiger partial charge in [-0.1, -0.05) is 0 Å². The molecule has 0 amide bonds. The van der Waals surface area contributed by atoms with Gasteiger partial charge in [0, 0.05) is 23.7 Å². The highest BCUT2D eigenvalue weighted by molar-refractivity contribution is 5.16. The van der Waals surface area contributed by atoms with Crippen molar-refractivity contribution in [1.82, 2.24) is 9.97 Å². The van der Waals surface area contributed by atoms with E-state index in [1.165, 1.54) is 12.8 Å². The van der Waals surface area contributed by atoms with Crippen molar-refractivity contribution in [1.29, 1.82) is 0 Å². The molecule has 2 bridgehead atoms. The van der Waals surface area contributed by atoms with Crippen LogP contribution in [0.15, 0.2) is 6.07 Å². The van der Waals surface area contributed by atoms with Crippen LogP contribution in [0.3, 0.4) is 0 Å². The number of ether oxygens (including phenoxy) is 1. The summed E-state index contributed by atoms with van der Waals surface area (Å²) in [5.74, 6) is 1.38. The number of aryl methyl sites for hydroxylation is 1. The molecule has 2 aliphatic heterocycles. The number of rotatable bonds is 3. The SMILES string of the molecule is Cc1cc(CCN)nc(C2CC3CCC2O3)n1. The van der Waals surface area contributed by atoms with Crippen molar-refractivity contribution < 1.29 is 4.74 Å². The third kappa shape index (κ3) is 2.07. The molecule has 1 aromatic heterocycles. The Labute approximate surface area is 102 Å². The summed E-state index contributed by atoms with van der Waals surface area (Å²) in [6.45, 7) is 2.67. The Morgan fingerprint density at radius 3 is 2.94 bits per heavy atom. The highest BCUT2D eigenvalue weighted by Crippen LogP contribution is 2.43. The van der Waals surface area contributed by atoms with Gasteiger partial charge in [0.15, 0.2) is 0 Å². The summed E-state index contributed by atoms with van der Waals surface area (Å²) in [4.78, 5) is 9.24. The smallest absolute Gasteiger partial charge is 0.134 e.